The predicted molar refractivity (Wildman–Crippen MR) is 43.5 cm³/mol. The second kappa shape index (κ2) is 4.16. The summed E-state index contributed by atoms with van der Waals surface area (Å²) in [7, 11) is 0. The maximum absolute atomic E-state index is 11.7. The molecule has 15 heavy (non-hydrogen) atoms. The Morgan fingerprint density at radius 1 is 1.47 bits per heavy atom. The number of rotatable bonds is 3. The zero-order chi connectivity index (χ0) is 11.5. The maximum atomic E-state index is 11.7. The van der Waals surface area contributed by atoms with Gasteiger partial charge in [-0.15, -0.1) is 0 Å². The van der Waals surface area contributed by atoms with Crippen molar-refractivity contribution in [3.8, 4) is 5.75 Å². The van der Waals surface area contributed by atoms with E-state index in [1.165, 1.54) is 0 Å². The van der Waals surface area contributed by atoms with E-state index in [0.717, 1.165) is 18.2 Å². The number of halogens is 3. The average Bonchev–Trinajstić information content (AvgIpc) is 2.14. The molecule has 4 nitrogen and oxygen atoms in total. The van der Waals surface area contributed by atoms with Crippen LogP contribution in [0.3, 0.4) is 0 Å². The van der Waals surface area contributed by atoms with E-state index in [9.17, 15) is 23.3 Å². The van der Waals surface area contributed by atoms with Crippen LogP contribution >= 0.6 is 0 Å². The van der Waals surface area contributed by atoms with Crippen LogP contribution in [-0.2, 0) is 0 Å². The van der Waals surface area contributed by atoms with Crippen LogP contribution in [0.15, 0.2) is 18.2 Å². The fourth-order valence-electron chi connectivity index (χ4n) is 0.765. The lowest BCUT2D eigenvalue weighted by atomic mass is 10.3. The van der Waals surface area contributed by atoms with Gasteiger partial charge in [0.05, 0.1) is 4.92 Å². The second-order valence-corrected chi connectivity index (χ2v) is 2.57. The van der Waals surface area contributed by atoms with Gasteiger partial charge in [-0.05, 0) is 6.07 Å². The summed E-state index contributed by atoms with van der Waals surface area (Å²) < 4.78 is 39.4. The lowest BCUT2D eigenvalue weighted by Gasteiger charge is -2.07. The first-order valence-electron chi connectivity index (χ1n) is 3.74. The quantitative estimate of drug-likeness (QED) is 0.580. The Hall–Kier alpha value is -1.79. The van der Waals surface area contributed by atoms with Crippen LogP contribution in [0.2, 0.25) is 0 Å². The number of hydrogen-bond acceptors (Lipinski definition) is 3. The van der Waals surface area contributed by atoms with Gasteiger partial charge in [-0.2, -0.15) is 13.2 Å². The zero-order valence-corrected chi connectivity index (χ0v) is 7.25. The van der Waals surface area contributed by atoms with Crippen molar-refractivity contribution in [1.29, 1.82) is 0 Å². The number of nitro groups is 1. The highest BCUT2D eigenvalue weighted by Gasteiger charge is 2.28. The molecule has 1 radical (unpaired) electrons. The molecule has 1 rings (SSSR count). The van der Waals surface area contributed by atoms with Crippen molar-refractivity contribution in [2.75, 3.05) is 6.61 Å². The molecule has 0 spiro atoms. The number of alkyl halides is 3. The highest BCUT2D eigenvalue weighted by atomic mass is 19.4. The highest BCUT2D eigenvalue weighted by Crippen LogP contribution is 2.20. The van der Waals surface area contributed by atoms with Crippen molar-refractivity contribution >= 4 is 5.69 Å². The number of nitrogens with zero attached hydrogens (tertiary/aromatic N) is 1. The minimum atomic E-state index is -4.43. The highest BCUT2D eigenvalue weighted by molar-refractivity contribution is 5.34. The molecule has 0 saturated heterocycles. The molecule has 0 heterocycles. The first-order valence-corrected chi connectivity index (χ1v) is 3.74. The van der Waals surface area contributed by atoms with Crippen molar-refractivity contribution in [1.82, 2.24) is 0 Å². The lowest BCUT2D eigenvalue weighted by Crippen LogP contribution is -2.19. The van der Waals surface area contributed by atoms with E-state index in [0.29, 0.717) is 0 Å². The Morgan fingerprint density at radius 2 is 2.13 bits per heavy atom. The molecule has 81 valence electrons. The van der Waals surface area contributed by atoms with Crippen molar-refractivity contribution in [3.05, 3.63) is 34.4 Å². The molecule has 0 amide bonds. The number of ether oxygens (including phenoxy) is 1. The molecule has 1 aromatic rings. The Morgan fingerprint density at radius 3 is 2.53 bits per heavy atom. The monoisotopic (exact) mass is 220 g/mol. The zero-order valence-electron chi connectivity index (χ0n) is 7.25. The van der Waals surface area contributed by atoms with Gasteiger partial charge in [0, 0.05) is 18.2 Å². The molecular formula is C8H5F3NO3. The molecule has 0 bridgehead atoms. The number of benzene rings is 1. The molecule has 0 aliphatic rings. The molecular weight excluding hydrogens is 215 g/mol. The van der Waals surface area contributed by atoms with Gasteiger partial charge < -0.3 is 4.74 Å². The van der Waals surface area contributed by atoms with Crippen LogP contribution in [0.1, 0.15) is 0 Å². The standard InChI is InChI=1S/C8H5F3NO3/c9-8(10,11)5-15-7-3-1-6(2-4-7)12(13)14/h1-3H,5H2. The van der Waals surface area contributed by atoms with Gasteiger partial charge in [0.15, 0.2) is 6.61 Å². The normalized spacial score (nSPS) is 11.1. The topological polar surface area (TPSA) is 52.4 Å². The van der Waals surface area contributed by atoms with E-state index in [1.54, 1.807) is 0 Å². The SMILES string of the molecule is O=[N+]([O-])c1c[c]c(OCC(F)(F)F)cc1. The molecule has 0 fully saturated rings. The Kier molecular flexibility index (Phi) is 3.13. The van der Waals surface area contributed by atoms with Gasteiger partial charge in [-0.1, -0.05) is 0 Å². The van der Waals surface area contributed by atoms with E-state index in [-0.39, 0.29) is 11.4 Å². The minimum absolute atomic E-state index is 0.182. The molecule has 7 heteroatoms. The van der Waals surface area contributed by atoms with Crippen LogP contribution < -0.4 is 4.74 Å². The molecule has 1 aromatic carbocycles. The van der Waals surface area contributed by atoms with Crippen molar-refractivity contribution < 1.29 is 22.8 Å². The molecule has 0 aliphatic carbocycles. The van der Waals surface area contributed by atoms with E-state index in [4.69, 9.17) is 0 Å². The summed E-state index contributed by atoms with van der Waals surface area (Å²) in [5.41, 5.74) is -0.255. The molecule has 0 N–H and O–H groups in total. The first-order chi connectivity index (χ1) is 6.88. The van der Waals surface area contributed by atoms with Crippen LogP contribution in [0, 0.1) is 16.2 Å². The third-order valence-corrected chi connectivity index (χ3v) is 1.37. The van der Waals surface area contributed by atoms with Gasteiger partial charge in [-0.3, -0.25) is 10.1 Å². The summed E-state index contributed by atoms with van der Waals surface area (Å²) in [6, 6.07) is 5.28. The summed E-state index contributed by atoms with van der Waals surface area (Å²) in [4.78, 5) is 9.52. The van der Waals surface area contributed by atoms with Crippen molar-refractivity contribution in [3.63, 3.8) is 0 Å². The third kappa shape index (κ3) is 3.84. The number of non-ortho nitro benzene ring substituents is 1. The lowest BCUT2D eigenvalue weighted by molar-refractivity contribution is -0.384. The van der Waals surface area contributed by atoms with E-state index in [2.05, 4.69) is 10.8 Å². The molecule has 0 saturated carbocycles. The third-order valence-electron chi connectivity index (χ3n) is 1.37. The largest absolute Gasteiger partial charge is 0.483 e. The molecule has 0 aliphatic heterocycles. The van der Waals surface area contributed by atoms with Gasteiger partial charge in [0.25, 0.3) is 5.69 Å². The van der Waals surface area contributed by atoms with Crippen molar-refractivity contribution in [2.24, 2.45) is 0 Å². The summed E-state index contributed by atoms with van der Waals surface area (Å²) in [6.45, 7) is -1.44. The Labute approximate surface area is 82.4 Å². The fraction of sp³-hybridized carbons (Fsp3) is 0.250. The van der Waals surface area contributed by atoms with Crippen molar-refractivity contribution in [2.45, 2.75) is 6.18 Å². The minimum Gasteiger partial charge on any atom is -0.483 e. The van der Waals surface area contributed by atoms with Gasteiger partial charge in [0.1, 0.15) is 5.75 Å². The summed E-state index contributed by atoms with van der Waals surface area (Å²) in [6.07, 6.45) is -4.43. The fourth-order valence-corrected chi connectivity index (χ4v) is 0.765. The summed E-state index contributed by atoms with van der Waals surface area (Å²) in [5, 5.41) is 10.2. The van der Waals surface area contributed by atoms with Crippen LogP contribution in [0.4, 0.5) is 18.9 Å². The number of nitro benzene ring substituents is 1. The van der Waals surface area contributed by atoms with Gasteiger partial charge in [0.2, 0.25) is 0 Å². The molecule has 0 unspecified atom stereocenters. The van der Waals surface area contributed by atoms with Gasteiger partial charge >= 0.3 is 6.18 Å². The Balaban J connectivity index is 2.61. The number of hydrogen-bond donors (Lipinski definition) is 0. The van der Waals surface area contributed by atoms with E-state index < -0.39 is 17.7 Å². The van der Waals surface area contributed by atoms with Crippen LogP contribution in [0.5, 0.6) is 5.75 Å². The van der Waals surface area contributed by atoms with E-state index in [1.807, 2.05) is 0 Å². The predicted octanol–water partition coefficient (Wildman–Crippen LogP) is 2.34. The van der Waals surface area contributed by atoms with Gasteiger partial charge in [-0.25, -0.2) is 0 Å². The van der Waals surface area contributed by atoms with Crippen LogP contribution in [0.25, 0.3) is 0 Å². The summed E-state index contributed by atoms with van der Waals surface area (Å²) in [5.74, 6) is -0.182. The first kappa shape index (κ1) is 11.3. The smallest absolute Gasteiger partial charge is 0.422 e. The Bertz CT molecular complexity index is 347. The summed E-state index contributed by atoms with van der Waals surface area (Å²) >= 11 is 0. The van der Waals surface area contributed by atoms with Crippen LogP contribution in [-0.4, -0.2) is 17.7 Å². The maximum Gasteiger partial charge on any atom is 0.422 e. The average molecular weight is 220 g/mol. The molecule has 0 aromatic heterocycles. The van der Waals surface area contributed by atoms with E-state index >= 15 is 0 Å². The second-order valence-electron chi connectivity index (χ2n) is 2.57. The molecule has 0 atom stereocenters.